The molecule has 6 heteroatoms. The summed E-state index contributed by atoms with van der Waals surface area (Å²) in [5.74, 6) is 0.488. The number of hydrogen-bond donors (Lipinski definition) is 0. The molecule has 0 atom stereocenters. The summed E-state index contributed by atoms with van der Waals surface area (Å²) in [4.78, 5) is 14.5. The molecular formula is C20H22FNO4. The summed E-state index contributed by atoms with van der Waals surface area (Å²) < 4.78 is 29.8. The van der Waals surface area contributed by atoms with E-state index in [2.05, 4.69) is 6.58 Å². The van der Waals surface area contributed by atoms with Crippen molar-refractivity contribution in [3.8, 4) is 17.2 Å². The standard InChI is InChI=1S/C20H22FNO4/c1-5-10-22(13-14-8-6-7-9-16(14)21)20(23)15-11-17(24-2)19(26-4)18(12-15)25-3/h5-9,11-12H,1,10,13H2,2-4H3. The zero-order chi connectivity index (χ0) is 19.1. The molecule has 0 fully saturated rings. The van der Waals surface area contributed by atoms with Gasteiger partial charge in [0.25, 0.3) is 5.91 Å². The van der Waals surface area contributed by atoms with Gasteiger partial charge in [-0.15, -0.1) is 6.58 Å². The second-order valence-electron chi connectivity index (χ2n) is 5.48. The smallest absolute Gasteiger partial charge is 0.254 e. The van der Waals surface area contributed by atoms with Gasteiger partial charge in [-0.3, -0.25) is 4.79 Å². The Balaban J connectivity index is 2.39. The lowest BCUT2D eigenvalue weighted by atomic mass is 10.1. The van der Waals surface area contributed by atoms with Crippen LogP contribution in [0.4, 0.5) is 4.39 Å². The number of nitrogens with zero attached hydrogens (tertiary/aromatic N) is 1. The molecule has 0 aliphatic rings. The molecule has 138 valence electrons. The molecular weight excluding hydrogens is 337 g/mol. The van der Waals surface area contributed by atoms with Gasteiger partial charge >= 0.3 is 0 Å². The van der Waals surface area contributed by atoms with Crippen LogP contribution in [0.5, 0.6) is 17.2 Å². The van der Waals surface area contributed by atoms with Crippen molar-refractivity contribution in [2.45, 2.75) is 6.54 Å². The molecule has 0 unspecified atom stereocenters. The van der Waals surface area contributed by atoms with E-state index < -0.39 is 0 Å². The zero-order valence-electron chi connectivity index (χ0n) is 15.1. The topological polar surface area (TPSA) is 48.0 Å². The largest absolute Gasteiger partial charge is 0.493 e. The summed E-state index contributed by atoms with van der Waals surface area (Å²) in [6.45, 7) is 4.07. The number of rotatable bonds is 8. The van der Waals surface area contributed by atoms with Gasteiger partial charge in [0.15, 0.2) is 11.5 Å². The Kier molecular flexibility index (Phi) is 6.60. The van der Waals surface area contributed by atoms with Crippen molar-refractivity contribution in [1.29, 1.82) is 0 Å². The molecule has 26 heavy (non-hydrogen) atoms. The van der Waals surface area contributed by atoms with Crippen LogP contribution in [0.1, 0.15) is 15.9 Å². The first-order valence-corrected chi connectivity index (χ1v) is 7.99. The van der Waals surface area contributed by atoms with Gasteiger partial charge in [0.2, 0.25) is 5.75 Å². The normalized spacial score (nSPS) is 10.2. The molecule has 0 N–H and O–H groups in total. The third-order valence-electron chi connectivity index (χ3n) is 3.87. The van der Waals surface area contributed by atoms with E-state index in [9.17, 15) is 9.18 Å². The summed E-state index contributed by atoms with van der Waals surface area (Å²) in [7, 11) is 4.45. The molecule has 0 aliphatic heterocycles. The van der Waals surface area contributed by atoms with Crippen LogP contribution < -0.4 is 14.2 Å². The monoisotopic (exact) mass is 359 g/mol. The molecule has 0 saturated heterocycles. The molecule has 0 radical (unpaired) electrons. The highest BCUT2D eigenvalue weighted by Gasteiger charge is 2.21. The van der Waals surface area contributed by atoms with E-state index in [1.165, 1.54) is 32.3 Å². The number of amides is 1. The fourth-order valence-corrected chi connectivity index (χ4v) is 2.59. The molecule has 2 rings (SSSR count). The van der Waals surface area contributed by atoms with Crippen LogP contribution >= 0.6 is 0 Å². The SMILES string of the molecule is C=CCN(Cc1ccccc1F)C(=O)c1cc(OC)c(OC)c(OC)c1. The maximum absolute atomic E-state index is 14.0. The van der Waals surface area contributed by atoms with Gasteiger partial charge in [0.1, 0.15) is 5.82 Å². The predicted molar refractivity (Wildman–Crippen MR) is 97.4 cm³/mol. The number of halogens is 1. The first kappa shape index (κ1) is 19.3. The molecule has 5 nitrogen and oxygen atoms in total. The quantitative estimate of drug-likeness (QED) is 0.675. The molecule has 2 aromatic rings. The van der Waals surface area contributed by atoms with Crippen LogP contribution in [0, 0.1) is 5.82 Å². The second-order valence-corrected chi connectivity index (χ2v) is 5.48. The highest BCUT2D eigenvalue weighted by Crippen LogP contribution is 2.38. The molecule has 0 spiro atoms. The van der Waals surface area contributed by atoms with Crippen molar-refractivity contribution in [1.82, 2.24) is 4.90 Å². The molecule has 0 heterocycles. The van der Waals surface area contributed by atoms with E-state index in [-0.39, 0.29) is 24.8 Å². The Bertz CT molecular complexity index is 766. The summed E-state index contributed by atoms with van der Waals surface area (Å²) in [5.41, 5.74) is 0.771. The summed E-state index contributed by atoms with van der Waals surface area (Å²) in [6.07, 6.45) is 1.59. The Morgan fingerprint density at radius 2 is 1.73 bits per heavy atom. The van der Waals surface area contributed by atoms with Gasteiger partial charge in [-0.25, -0.2) is 4.39 Å². The minimum atomic E-state index is -0.362. The van der Waals surface area contributed by atoms with Crippen LogP contribution in [0.15, 0.2) is 49.1 Å². The molecule has 0 bridgehead atoms. The highest BCUT2D eigenvalue weighted by atomic mass is 19.1. The van der Waals surface area contributed by atoms with E-state index in [1.807, 2.05) is 0 Å². The summed E-state index contributed by atoms with van der Waals surface area (Å²) in [6, 6.07) is 9.49. The zero-order valence-corrected chi connectivity index (χ0v) is 15.1. The maximum atomic E-state index is 14.0. The van der Waals surface area contributed by atoms with Crippen LogP contribution in [-0.4, -0.2) is 38.7 Å². The minimum Gasteiger partial charge on any atom is -0.493 e. The van der Waals surface area contributed by atoms with Gasteiger partial charge in [0.05, 0.1) is 21.3 Å². The van der Waals surface area contributed by atoms with E-state index in [1.54, 1.807) is 36.4 Å². The van der Waals surface area contributed by atoms with Crippen molar-refractivity contribution < 1.29 is 23.4 Å². The molecule has 0 aliphatic carbocycles. The Morgan fingerprint density at radius 1 is 1.12 bits per heavy atom. The maximum Gasteiger partial charge on any atom is 0.254 e. The molecule has 0 saturated carbocycles. The predicted octanol–water partition coefficient (Wildman–Crippen LogP) is 3.68. The van der Waals surface area contributed by atoms with Crippen molar-refractivity contribution in [3.05, 3.63) is 66.0 Å². The van der Waals surface area contributed by atoms with Crippen molar-refractivity contribution in [2.24, 2.45) is 0 Å². The number of ether oxygens (including phenoxy) is 3. The molecule has 0 aromatic heterocycles. The number of carbonyl (C=O) groups excluding carboxylic acids is 1. The molecule has 2 aromatic carbocycles. The van der Waals surface area contributed by atoms with E-state index in [4.69, 9.17) is 14.2 Å². The first-order chi connectivity index (χ1) is 12.5. The lowest BCUT2D eigenvalue weighted by molar-refractivity contribution is 0.0760. The van der Waals surface area contributed by atoms with Gasteiger partial charge in [-0.2, -0.15) is 0 Å². The average Bonchev–Trinajstić information content (AvgIpc) is 2.67. The van der Waals surface area contributed by atoms with Crippen LogP contribution in [0.2, 0.25) is 0 Å². The third-order valence-corrected chi connectivity index (χ3v) is 3.87. The fraction of sp³-hybridized carbons (Fsp3) is 0.250. The van der Waals surface area contributed by atoms with Gasteiger partial charge in [-0.1, -0.05) is 24.3 Å². The number of methoxy groups -OCH3 is 3. The van der Waals surface area contributed by atoms with Crippen molar-refractivity contribution in [2.75, 3.05) is 27.9 Å². The van der Waals surface area contributed by atoms with Gasteiger partial charge < -0.3 is 19.1 Å². The van der Waals surface area contributed by atoms with E-state index >= 15 is 0 Å². The Hall–Kier alpha value is -3.02. The van der Waals surface area contributed by atoms with Gasteiger partial charge in [0, 0.05) is 24.2 Å². The van der Waals surface area contributed by atoms with Crippen LogP contribution in [0.3, 0.4) is 0 Å². The number of benzene rings is 2. The number of hydrogen-bond acceptors (Lipinski definition) is 4. The van der Waals surface area contributed by atoms with Crippen LogP contribution in [-0.2, 0) is 6.54 Å². The average molecular weight is 359 g/mol. The summed E-state index contributed by atoms with van der Waals surface area (Å²) >= 11 is 0. The van der Waals surface area contributed by atoms with Gasteiger partial charge in [-0.05, 0) is 18.2 Å². The second kappa shape index (κ2) is 8.89. The first-order valence-electron chi connectivity index (χ1n) is 7.99. The minimum absolute atomic E-state index is 0.119. The number of carbonyl (C=O) groups is 1. The highest BCUT2D eigenvalue weighted by molar-refractivity contribution is 5.95. The van der Waals surface area contributed by atoms with Crippen molar-refractivity contribution in [3.63, 3.8) is 0 Å². The molecule has 1 amide bonds. The Morgan fingerprint density at radius 3 is 2.23 bits per heavy atom. The summed E-state index contributed by atoms with van der Waals surface area (Å²) in [5, 5.41) is 0. The Labute approximate surface area is 152 Å². The lowest BCUT2D eigenvalue weighted by Gasteiger charge is -2.23. The van der Waals surface area contributed by atoms with Crippen molar-refractivity contribution >= 4 is 5.91 Å². The lowest BCUT2D eigenvalue weighted by Crippen LogP contribution is -2.31. The third kappa shape index (κ3) is 4.14. The van der Waals surface area contributed by atoms with E-state index in [0.717, 1.165) is 0 Å². The van der Waals surface area contributed by atoms with Crippen LogP contribution in [0.25, 0.3) is 0 Å². The fourth-order valence-electron chi connectivity index (χ4n) is 2.59. The van der Waals surface area contributed by atoms with E-state index in [0.29, 0.717) is 28.4 Å².